The quantitative estimate of drug-likeness (QED) is 0.372. The minimum atomic E-state index is -1.84. The lowest BCUT2D eigenvalue weighted by molar-refractivity contribution is 0.529. The third-order valence-corrected chi connectivity index (χ3v) is 39.3. The summed E-state index contributed by atoms with van der Waals surface area (Å²) < 4.78 is 7.10. The van der Waals surface area contributed by atoms with Gasteiger partial charge in [-0.3, -0.25) is 0 Å². The molecule has 172 valence electrons. The Balaban J connectivity index is 6.44. The summed E-state index contributed by atoms with van der Waals surface area (Å²) in [6, 6.07) is 0. The van der Waals surface area contributed by atoms with Crippen molar-refractivity contribution in [2.75, 3.05) is 0 Å². The first-order chi connectivity index (χ1) is 12.2. The van der Waals surface area contributed by atoms with Crippen molar-refractivity contribution in [2.45, 2.75) is 155 Å². The van der Waals surface area contributed by atoms with Crippen molar-refractivity contribution in [2.24, 2.45) is 0 Å². The van der Waals surface area contributed by atoms with Crippen molar-refractivity contribution >= 4 is 33.7 Å². The second kappa shape index (κ2) is 8.31. The van der Waals surface area contributed by atoms with E-state index in [4.69, 9.17) is 4.12 Å². The molecule has 0 amide bonds. The summed E-state index contributed by atoms with van der Waals surface area (Å²) >= 11 is 0. The normalized spacial score (nSPS) is 16.3. The molecular weight excluding hydrogens is 417 g/mol. The van der Waals surface area contributed by atoms with Gasteiger partial charge in [0.25, 0.3) is 0 Å². The number of hydrogen-bond donors (Lipinski definition) is 0. The molecule has 0 aromatic carbocycles. The van der Waals surface area contributed by atoms with Gasteiger partial charge in [-0.15, -0.1) is 0 Å². The van der Waals surface area contributed by atoms with Crippen LogP contribution in [0.15, 0.2) is 0 Å². The highest BCUT2D eigenvalue weighted by molar-refractivity contribution is 7.32. The van der Waals surface area contributed by atoms with E-state index in [0.29, 0.717) is 48.8 Å². The molecule has 0 bridgehead atoms. The van der Waals surface area contributed by atoms with Gasteiger partial charge in [0.15, 0.2) is 18.6 Å². The average molecular weight is 471 g/mol. The Labute approximate surface area is 192 Å². The van der Waals surface area contributed by atoms with Gasteiger partial charge < -0.3 is 4.12 Å². The first-order valence-electron chi connectivity index (χ1n) is 11.4. The van der Waals surface area contributed by atoms with Crippen LogP contribution >= 0.6 is 0 Å². The number of hydrogen-bond acceptors (Lipinski definition) is 1. The van der Waals surface area contributed by atoms with E-state index in [0.717, 1.165) is 0 Å². The summed E-state index contributed by atoms with van der Waals surface area (Å²) in [4.78, 5) is 0. The molecule has 1 nitrogen and oxygen atoms in total. The Bertz CT molecular complexity index is 418. The Kier molecular flexibility index (Phi) is 8.55. The predicted molar refractivity (Wildman–Crippen MR) is 142 cm³/mol. The predicted octanol–water partition coefficient (Wildman–Crippen LogP) is 8.93. The van der Waals surface area contributed by atoms with Gasteiger partial charge >= 0.3 is 0 Å². The van der Waals surface area contributed by atoms with Gasteiger partial charge in [0.05, 0.1) is 15.2 Å². The van der Waals surface area contributed by atoms with Crippen LogP contribution in [0.5, 0.6) is 0 Å². The van der Waals surface area contributed by atoms with Crippen LogP contribution in [-0.4, -0.2) is 33.7 Å². The van der Waals surface area contributed by atoms with E-state index in [-0.39, 0.29) is 0 Å². The maximum atomic E-state index is 7.10. The standard InChI is InChI=1S/C24H54OSi4/c1-19(2,3)28(20(4,5)6,21(7,8)9)26-25-27-29(22(10,11)12,23(13,14)15)24(16,17)18/h1-18H3. The SMILES string of the molecule is CC(C)(C)[Si]([Si]O[Si][Si](C(C)(C)C)(C(C)(C)C)C(C)(C)C)(C(C)(C)C)C(C)(C)C. The minimum Gasteiger partial charge on any atom is -0.461 e. The molecule has 0 fully saturated rings. The maximum absolute atomic E-state index is 7.10. The van der Waals surface area contributed by atoms with Crippen molar-refractivity contribution in [3.05, 3.63) is 0 Å². The molecular formula is C24H54OSi4. The summed E-state index contributed by atoms with van der Waals surface area (Å²) in [5, 5.41) is 1.76. The largest absolute Gasteiger partial charge is 0.461 e. The Morgan fingerprint density at radius 1 is 0.345 bits per heavy atom. The van der Waals surface area contributed by atoms with E-state index >= 15 is 0 Å². The highest BCUT2D eigenvalue weighted by Gasteiger charge is 2.63. The number of rotatable bonds is 4. The van der Waals surface area contributed by atoms with Crippen LogP contribution in [0.2, 0.25) is 30.2 Å². The Morgan fingerprint density at radius 3 is 0.586 bits per heavy atom. The van der Waals surface area contributed by atoms with Crippen molar-refractivity contribution < 1.29 is 4.12 Å². The molecule has 4 radical (unpaired) electrons. The van der Waals surface area contributed by atoms with E-state index in [1.807, 2.05) is 0 Å². The topological polar surface area (TPSA) is 9.23 Å². The second-order valence-electron chi connectivity index (χ2n) is 15.3. The van der Waals surface area contributed by atoms with Crippen LogP contribution in [0.4, 0.5) is 0 Å². The van der Waals surface area contributed by atoms with Crippen LogP contribution in [-0.2, 0) is 4.12 Å². The molecule has 0 saturated heterocycles. The molecule has 0 aromatic heterocycles. The van der Waals surface area contributed by atoms with Gasteiger partial charge in [-0.25, -0.2) is 0 Å². The van der Waals surface area contributed by atoms with Gasteiger partial charge in [-0.2, -0.15) is 0 Å². The molecule has 0 spiro atoms. The monoisotopic (exact) mass is 470 g/mol. The van der Waals surface area contributed by atoms with Crippen LogP contribution in [0.1, 0.15) is 125 Å². The van der Waals surface area contributed by atoms with Crippen LogP contribution < -0.4 is 0 Å². The maximum Gasteiger partial charge on any atom is 0.198 e. The molecule has 0 saturated carbocycles. The molecule has 0 N–H and O–H groups in total. The van der Waals surface area contributed by atoms with Crippen molar-refractivity contribution in [1.29, 1.82) is 0 Å². The van der Waals surface area contributed by atoms with Crippen molar-refractivity contribution in [3.8, 4) is 0 Å². The molecule has 0 aliphatic heterocycles. The Morgan fingerprint density at radius 2 is 0.483 bits per heavy atom. The van der Waals surface area contributed by atoms with E-state index in [2.05, 4.69) is 125 Å². The van der Waals surface area contributed by atoms with E-state index < -0.39 is 15.2 Å². The highest BCUT2D eigenvalue weighted by atomic mass is 29.3. The summed E-state index contributed by atoms with van der Waals surface area (Å²) in [5.74, 6) is 0. The summed E-state index contributed by atoms with van der Waals surface area (Å²) in [6.07, 6.45) is 0. The van der Waals surface area contributed by atoms with Crippen molar-refractivity contribution in [3.63, 3.8) is 0 Å². The van der Waals surface area contributed by atoms with Crippen LogP contribution in [0.3, 0.4) is 0 Å². The zero-order valence-electron chi connectivity index (χ0n) is 23.4. The first kappa shape index (κ1) is 29.8. The lowest BCUT2D eigenvalue weighted by Crippen LogP contribution is -2.67. The van der Waals surface area contributed by atoms with Crippen LogP contribution in [0.25, 0.3) is 0 Å². The lowest BCUT2D eigenvalue weighted by atomic mass is 10.2. The molecule has 5 heteroatoms. The Hall–Kier alpha value is 0.828. The summed E-state index contributed by atoms with van der Waals surface area (Å²) in [6.45, 7) is 44.7. The molecule has 0 unspecified atom stereocenters. The highest BCUT2D eigenvalue weighted by Crippen LogP contribution is 2.63. The summed E-state index contributed by atoms with van der Waals surface area (Å²) in [5.41, 5.74) is 0. The fourth-order valence-corrected chi connectivity index (χ4v) is 34.7. The molecule has 0 aromatic rings. The van der Waals surface area contributed by atoms with Gasteiger partial charge in [-0.1, -0.05) is 125 Å². The molecule has 0 aliphatic rings. The molecule has 0 heterocycles. The van der Waals surface area contributed by atoms with E-state index in [1.165, 1.54) is 0 Å². The van der Waals surface area contributed by atoms with Gasteiger partial charge in [0, 0.05) is 0 Å². The molecule has 29 heavy (non-hydrogen) atoms. The zero-order valence-corrected chi connectivity index (χ0v) is 27.4. The minimum absolute atomic E-state index is 0.293. The lowest BCUT2D eigenvalue weighted by Gasteiger charge is -2.60. The zero-order chi connectivity index (χ0) is 24.1. The van der Waals surface area contributed by atoms with E-state index in [9.17, 15) is 0 Å². The third-order valence-electron chi connectivity index (χ3n) is 7.16. The summed E-state index contributed by atoms with van der Waals surface area (Å²) in [7, 11) is -2.40. The van der Waals surface area contributed by atoms with Gasteiger partial charge in [-0.05, 0) is 30.2 Å². The van der Waals surface area contributed by atoms with Gasteiger partial charge in [0.2, 0.25) is 0 Å². The first-order valence-corrected chi connectivity index (χ1v) is 19.2. The second-order valence-corrected chi connectivity index (χ2v) is 34.3. The molecule has 0 aliphatic carbocycles. The van der Waals surface area contributed by atoms with Crippen molar-refractivity contribution in [1.82, 2.24) is 0 Å². The smallest absolute Gasteiger partial charge is 0.198 e. The van der Waals surface area contributed by atoms with Crippen LogP contribution in [0, 0.1) is 0 Å². The average Bonchev–Trinajstić information content (AvgIpc) is 2.27. The fraction of sp³-hybridized carbons (Fsp3) is 1.00. The fourth-order valence-electron chi connectivity index (χ4n) is 7.85. The molecule has 0 atom stereocenters. The molecule has 0 rings (SSSR count). The van der Waals surface area contributed by atoms with E-state index in [1.54, 1.807) is 0 Å². The van der Waals surface area contributed by atoms with Gasteiger partial charge in [0.1, 0.15) is 0 Å². The third kappa shape index (κ3) is 5.26.